The Labute approximate surface area is 179 Å². The third kappa shape index (κ3) is 4.51. The zero-order valence-electron chi connectivity index (χ0n) is 16.4. The second kappa shape index (κ2) is 9.17. The van der Waals surface area contributed by atoms with Crippen LogP contribution in [-0.2, 0) is 20.5 Å². The average Bonchev–Trinajstić information content (AvgIpc) is 3.27. The molecule has 8 nitrogen and oxygen atoms in total. The molecule has 0 aliphatic carbocycles. The van der Waals surface area contributed by atoms with Crippen molar-refractivity contribution in [3.63, 3.8) is 0 Å². The minimum absolute atomic E-state index is 0.187. The predicted molar refractivity (Wildman–Crippen MR) is 112 cm³/mol. The lowest BCUT2D eigenvalue weighted by Crippen LogP contribution is -2.40. The molecule has 1 aliphatic heterocycles. The number of hydrogen-bond acceptors (Lipinski definition) is 8. The SMILES string of the molecule is COc1ccccc1-c1cc(CSc2ccc(S(=O)(=O)N3CCOCC3)cn2)on1. The topological polar surface area (TPSA) is 94.8 Å². The lowest BCUT2D eigenvalue weighted by atomic mass is 10.1. The number of methoxy groups -OCH3 is 1. The molecule has 0 atom stereocenters. The van der Waals surface area contributed by atoms with E-state index in [4.69, 9.17) is 14.0 Å². The summed E-state index contributed by atoms with van der Waals surface area (Å²) in [5.74, 6) is 1.93. The highest BCUT2D eigenvalue weighted by molar-refractivity contribution is 7.98. The van der Waals surface area contributed by atoms with E-state index in [1.165, 1.54) is 22.3 Å². The first-order valence-corrected chi connectivity index (χ1v) is 11.8. The van der Waals surface area contributed by atoms with Crippen LogP contribution >= 0.6 is 11.8 Å². The van der Waals surface area contributed by atoms with Crippen LogP contribution in [0.15, 0.2) is 63.1 Å². The van der Waals surface area contributed by atoms with Gasteiger partial charge in [0.2, 0.25) is 10.0 Å². The fourth-order valence-electron chi connectivity index (χ4n) is 3.05. The van der Waals surface area contributed by atoms with E-state index >= 15 is 0 Å². The molecule has 1 fully saturated rings. The van der Waals surface area contributed by atoms with Crippen molar-refractivity contribution >= 4 is 21.8 Å². The first-order chi connectivity index (χ1) is 14.6. The number of pyridine rings is 1. The van der Waals surface area contributed by atoms with E-state index in [9.17, 15) is 8.42 Å². The maximum absolute atomic E-state index is 12.7. The molecule has 3 heterocycles. The zero-order valence-corrected chi connectivity index (χ0v) is 18.0. The van der Waals surface area contributed by atoms with E-state index in [2.05, 4.69) is 10.1 Å². The Morgan fingerprint density at radius 2 is 1.97 bits per heavy atom. The molecule has 3 aromatic rings. The first-order valence-electron chi connectivity index (χ1n) is 9.33. The molecule has 0 bridgehead atoms. The van der Waals surface area contributed by atoms with Gasteiger partial charge in [-0.3, -0.25) is 0 Å². The number of thioether (sulfide) groups is 1. The highest BCUT2D eigenvalue weighted by atomic mass is 32.2. The molecule has 0 radical (unpaired) electrons. The molecule has 1 saturated heterocycles. The van der Waals surface area contributed by atoms with Gasteiger partial charge in [0.05, 0.1) is 31.1 Å². The van der Waals surface area contributed by atoms with E-state index in [0.717, 1.165) is 11.3 Å². The van der Waals surface area contributed by atoms with Crippen molar-refractivity contribution in [2.24, 2.45) is 0 Å². The molecule has 4 rings (SSSR count). The van der Waals surface area contributed by atoms with Crippen LogP contribution in [0.2, 0.25) is 0 Å². The van der Waals surface area contributed by atoms with Gasteiger partial charge in [-0.2, -0.15) is 4.31 Å². The average molecular weight is 448 g/mol. The number of nitrogens with zero attached hydrogens (tertiary/aromatic N) is 3. The molecule has 0 unspecified atom stereocenters. The van der Waals surface area contributed by atoms with Gasteiger partial charge in [0, 0.05) is 30.9 Å². The van der Waals surface area contributed by atoms with Gasteiger partial charge in [0.25, 0.3) is 0 Å². The van der Waals surface area contributed by atoms with Gasteiger partial charge in [0.1, 0.15) is 22.1 Å². The van der Waals surface area contributed by atoms with Crippen molar-refractivity contribution in [3.05, 3.63) is 54.4 Å². The van der Waals surface area contributed by atoms with Crippen LogP contribution in [0.1, 0.15) is 5.76 Å². The molecule has 30 heavy (non-hydrogen) atoms. The van der Waals surface area contributed by atoms with Gasteiger partial charge < -0.3 is 14.0 Å². The normalized spacial score (nSPS) is 15.2. The largest absolute Gasteiger partial charge is 0.496 e. The third-order valence-electron chi connectivity index (χ3n) is 4.62. The second-order valence-corrected chi connectivity index (χ2v) is 9.45. The monoisotopic (exact) mass is 447 g/mol. The van der Waals surface area contributed by atoms with Crippen LogP contribution in [0.4, 0.5) is 0 Å². The number of morpholine rings is 1. The molecule has 0 amide bonds. The van der Waals surface area contributed by atoms with Crippen LogP contribution in [-0.4, -0.2) is 56.3 Å². The minimum atomic E-state index is -3.54. The van der Waals surface area contributed by atoms with Crippen LogP contribution in [0.25, 0.3) is 11.3 Å². The van der Waals surface area contributed by atoms with Gasteiger partial charge in [-0.05, 0) is 24.3 Å². The van der Waals surface area contributed by atoms with Crippen LogP contribution in [0, 0.1) is 0 Å². The van der Waals surface area contributed by atoms with Crippen LogP contribution < -0.4 is 4.74 Å². The maximum Gasteiger partial charge on any atom is 0.244 e. The van der Waals surface area contributed by atoms with Gasteiger partial charge in [0.15, 0.2) is 0 Å². The number of sulfonamides is 1. The number of hydrogen-bond donors (Lipinski definition) is 0. The van der Waals surface area contributed by atoms with Gasteiger partial charge in [-0.15, -0.1) is 0 Å². The quantitative estimate of drug-likeness (QED) is 0.510. The van der Waals surface area contributed by atoms with Gasteiger partial charge in [-0.25, -0.2) is 13.4 Å². The van der Waals surface area contributed by atoms with E-state index in [1.54, 1.807) is 19.2 Å². The summed E-state index contributed by atoms with van der Waals surface area (Å²) >= 11 is 1.44. The molecule has 158 valence electrons. The first kappa shape index (κ1) is 20.9. The number of benzene rings is 1. The van der Waals surface area contributed by atoms with Crippen LogP contribution in [0.5, 0.6) is 5.75 Å². The van der Waals surface area contributed by atoms with E-state index in [1.807, 2.05) is 30.3 Å². The molecule has 1 aliphatic rings. The molecular weight excluding hydrogens is 426 g/mol. The van der Waals surface area contributed by atoms with E-state index in [0.29, 0.717) is 48.5 Å². The number of rotatable bonds is 7. The molecule has 0 saturated carbocycles. The lowest BCUT2D eigenvalue weighted by Gasteiger charge is -2.25. The summed E-state index contributed by atoms with van der Waals surface area (Å²) in [7, 11) is -1.92. The summed E-state index contributed by atoms with van der Waals surface area (Å²) in [5, 5.41) is 4.82. The second-order valence-electron chi connectivity index (χ2n) is 6.52. The Morgan fingerprint density at radius 3 is 2.70 bits per heavy atom. The summed E-state index contributed by atoms with van der Waals surface area (Å²) in [6, 6.07) is 12.8. The van der Waals surface area contributed by atoms with E-state index in [-0.39, 0.29) is 4.90 Å². The fraction of sp³-hybridized carbons (Fsp3) is 0.300. The standard InChI is InChI=1S/C20H21N3O5S2/c1-26-19-5-3-2-4-17(19)18-12-15(28-22-18)14-29-20-7-6-16(13-21-20)30(24,25)23-8-10-27-11-9-23/h2-7,12-13H,8-11,14H2,1H3. The molecule has 10 heteroatoms. The van der Waals surface area contributed by atoms with Crippen molar-refractivity contribution in [3.8, 4) is 17.0 Å². The fourth-order valence-corrected chi connectivity index (χ4v) is 5.12. The Bertz CT molecular complexity index is 1090. The summed E-state index contributed by atoms with van der Waals surface area (Å²) < 4.78 is 42.8. The minimum Gasteiger partial charge on any atom is -0.496 e. The smallest absolute Gasteiger partial charge is 0.244 e. The Hall–Kier alpha value is -2.40. The highest BCUT2D eigenvalue weighted by Gasteiger charge is 2.26. The summed E-state index contributed by atoms with van der Waals surface area (Å²) in [4.78, 5) is 4.48. The molecule has 1 aromatic carbocycles. The zero-order chi connectivity index (χ0) is 21.0. The predicted octanol–water partition coefficient (Wildman–Crippen LogP) is 3.06. The molecule has 0 N–H and O–H groups in total. The summed E-state index contributed by atoms with van der Waals surface area (Å²) in [6.45, 7) is 1.54. The Morgan fingerprint density at radius 1 is 1.17 bits per heavy atom. The summed E-state index contributed by atoms with van der Waals surface area (Å²) in [6.07, 6.45) is 1.40. The maximum atomic E-state index is 12.7. The van der Waals surface area contributed by atoms with Gasteiger partial charge in [-0.1, -0.05) is 29.1 Å². The number of para-hydroxylation sites is 1. The third-order valence-corrected chi connectivity index (χ3v) is 7.47. The molecule has 0 spiro atoms. The molecule has 2 aromatic heterocycles. The summed E-state index contributed by atoms with van der Waals surface area (Å²) in [5.41, 5.74) is 1.55. The lowest BCUT2D eigenvalue weighted by molar-refractivity contribution is 0.0730. The van der Waals surface area contributed by atoms with Crippen molar-refractivity contribution in [1.29, 1.82) is 0 Å². The molecular formula is C20H21N3O5S2. The van der Waals surface area contributed by atoms with Crippen molar-refractivity contribution in [2.45, 2.75) is 15.7 Å². The van der Waals surface area contributed by atoms with Crippen molar-refractivity contribution in [1.82, 2.24) is 14.4 Å². The van der Waals surface area contributed by atoms with Gasteiger partial charge >= 0.3 is 0 Å². The Balaban J connectivity index is 1.41. The van der Waals surface area contributed by atoms with E-state index < -0.39 is 10.0 Å². The number of ether oxygens (including phenoxy) is 2. The van der Waals surface area contributed by atoms with Crippen molar-refractivity contribution < 1.29 is 22.4 Å². The van der Waals surface area contributed by atoms with Crippen molar-refractivity contribution in [2.75, 3.05) is 33.4 Å². The highest BCUT2D eigenvalue weighted by Crippen LogP contribution is 2.30. The van der Waals surface area contributed by atoms with Crippen LogP contribution in [0.3, 0.4) is 0 Å². The number of aromatic nitrogens is 2. The Kier molecular flexibility index (Phi) is 6.38.